The Morgan fingerprint density at radius 2 is 1.65 bits per heavy atom. The van der Waals surface area contributed by atoms with Gasteiger partial charge in [0.15, 0.2) is 0 Å². The number of nitrogens with zero attached hydrogens (tertiary/aromatic N) is 4. The summed E-state index contributed by atoms with van der Waals surface area (Å²) in [5.41, 5.74) is 4.79. The van der Waals surface area contributed by atoms with Crippen molar-refractivity contribution in [2.24, 2.45) is 0 Å². The summed E-state index contributed by atoms with van der Waals surface area (Å²) in [4.78, 5) is 18.2. The molecule has 1 aliphatic rings. The number of ether oxygens (including phenoxy) is 1. The van der Waals surface area contributed by atoms with E-state index in [0.717, 1.165) is 44.0 Å². The second kappa shape index (κ2) is 11.3. The number of phenols is 1. The maximum absolute atomic E-state index is 13.6. The molecule has 1 aliphatic heterocycles. The van der Waals surface area contributed by atoms with Crippen LogP contribution in [0.4, 0.5) is 5.69 Å². The first-order valence-electron chi connectivity index (χ1n) is 12.7. The molecule has 1 N–H and O–H groups in total. The van der Waals surface area contributed by atoms with Crippen LogP contribution in [0.2, 0.25) is 0 Å². The van der Waals surface area contributed by atoms with Crippen molar-refractivity contribution in [1.82, 2.24) is 14.7 Å². The van der Waals surface area contributed by atoms with Gasteiger partial charge in [0.1, 0.15) is 11.4 Å². The van der Waals surface area contributed by atoms with Gasteiger partial charge in [-0.15, -0.1) is 0 Å². The number of phenolic OH excluding ortho intramolecular Hbond substituents is 1. The molecule has 0 aliphatic carbocycles. The van der Waals surface area contributed by atoms with Crippen LogP contribution < -0.4 is 15.2 Å². The maximum Gasteiger partial charge on any atom is 0.316 e. The zero-order chi connectivity index (χ0) is 25.6. The zero-order valence-electron chi connectivity index (χ0n) is 21.1. The Morgan fingerprint density at radius 1 is 0.892 bits per heavy atom. The van der Waals surface area contributed by atoms with Gasteiger partial charge in [-0.1, -0.05) is 60.2 Å². The molecule has 5 rings (SSSR count). The topological polar surface area (TPSA) is 70.8 Å². The average Bonchev–Trinajstić information content (AvgIpc) is 2.92. The van der Waals surface area contributed by atoms with Crippen LogP contribution in [0.1, 0.15) is 16.7 Å². The molecule has 1 fully saturated rings. The van der Waals surface area contributed by atoms with Gasteiger partial charge in [0, 0.05) is 39.1 Å². The number of piperazine rings is 1. The summed E-state index contributed by atoms with van der Waals surface area (Å²) in [7, 11) is 0. The van der Waals surface area contributed by atoms with Crippen molar-refractivity contribution < 1.29 is 9.84 Å². The number of hydrogen-bond acceptors (Lipinski definition) is 6. The Bertz CT molecular complexity index is 1380. The highest BCUT2D eigenvalue weighted by molar-refractivity contribution is 5.57. The fourth-order valence-corrected chi connectivity index (χ4v) is 4.69. The highest BCUT2D eigenvalue weighted by Crippen LogP contribution is 2.26. The molecule has 0 spiro atoms. The average molecular weight is 497 g/mol. The van der Waals surface area contributed by atoms with Crippen molar-refractivity contribution in [3.8, 4) is 17.2 Å². The van der Waals surface area contributed by atoms with Crippen LogP contribution in [-0.4, -0.2) is 52.6 Å². The van der Waals surface area contributed by atoms with Gasteiger partial charge in [-0.2, -0.15) is 9.78 Å². The number of hydrogen-bond donors (Lipinski definition) is 1. The standard InChI is InChI=1S/C30H32N4O3/c1-23-6-5-7-25(20-23)22-32-15-17-33(18-16-32)28-21-31-34(26-8-3-2-4-9-26)30(36)29(28)37-19-14-24-10-12-27(35)13-11-24/h2-13,20-21,35H,14-19,22H2,1H3. The molecule has 0 atom stereocenters. The minimum absolute atomic E-state index is 0.230. The Labute approximate surface area is 217 Å². The summed E-state index contributed by atoms with van der Waals surface area (Å²) in [5, 5.41) is 14.0. The summed E-state index contributed by atoms with van der Waals surface area (Å²) in [6.45, 7) is 6.74. The number of anilines is 1. The van der Waals surface area contributed by atoms with Crippen LogP contribution in [0.5, 0.6) is 11.5 Å². The maximum atomic E-state index is 13.6. The number of aromatic hydroxyl groups is 1. The van der Waals surface area contributed by atoms with E-state index in [0.29, 0.717) is 24.5 Å². The molecule has 0 radical (unpaired) electrons. The van der Waals surface area contributed by atoms with Gasteiger partial charge in [0.05, 0.1) is 18.5 Å². The van der Waals surface area contributed by atoms with E-state index in [2.05, 4.69) is 46.1 Å². The minimum atomic E-state index is -0.267. The quantitative estimate of drug-likeness (QED) is 0.395. The van der Waals surface area contributed by atoms with Crippen molar-refractivity contribution in [3.63, 3.8) is 0 Å². The van der Waals surface area contributed by atoms with Gasteiger partial charge in [-0.25, -0.2) is 0 Å². The summed E-state index contributed by atoms with van der Waals surface area (Å²) in [6.07, 6.45) is 2.37. The van der Waals surface area contributed by atoms with E-state index in [1.165, 1.54) is 15.8 Å². The van der Waals surface area contributed by atoms with Crippen LogP contribution in [0.3, 0.4) is 0 Å². The molecule has 1 aromatic heterocycles. The Morgan fingerprint density at radius 3 is 2.38 bits per heavy atom. The Hall–Kier alpha value is -4.10. The lowest BCUT2D eigenvalue weighted by atomic mass is 10.1. The lowest BCUT2D eigenvalue weighted by Gasteiger charge is -2.36. The normalized spacial score (nSPS) is 14.0. The molecule has 37 heavy (non-hydrogen) atoms. The molecular formula is C30H32N4O3. The summed E-state index contributed by atoms with van der Waals surface area (Å²) >= 11 is 0. The number of para-hydroxylation sites is 1. The van der Waals surface area contributed by atoms with Crippen molar-refractivity contribution in [2.45, 2.75) is 19.9 Å². The van der Waals surface area contributed by atoms with Crippen molar-refractivity contribution in [1.29, 1.82) is 0 Å². The third-order valence-electron chi connectivity index (χ3n) is 6.69. The molecule has 0 amide bonds. The predicted octanol–water partition coefficient (Wildman–Crippen LogP) is 4.19. The van der Waals surface area contributed by atoms with E-state index in [9.17, 15) is 9.90 Å². The molecule has 190 valence electrons. The molecule has 3 aromatic carbocycles. The highest BCUT2D eigenvalue weighted by atomic mass is 16.5. The smallest absolute Gasteiger partial charge is 0.316 e. The molecule has 4 aromatic rings. The molecule has 0 bridgehead atoms. The summed E-state index contributed by atoms with van der Waals surface area (Å²) < 4.78 is 7.56. The first-order valence-corrected chi connectivity index (χ1v) is 12.7. The summed E-state index contributed by atoms with van der Waals surface area (Å²) in [5.74, 6) is 0.554. The van der Waals surface area contributed by atoms with Crippen LogP contribution in [0.15, 0.2) is 89.9 Å². The molecule has 7 heteroatoms. The van der Waals surface area contributed by atoms with Crippen LogP contribution in [0.25, 0.3) is 5.69 Å². The monoisotopic (exact) mass is 496 g/mol. The van der Waals surface area contributed by atoms with Gasteiger partial charge < -0.3 is 14.7 Å². The van der Waals surface area contributed by atoms with Crippen molar-refractivity contribution in [3.05, 3.63) is 112 Å². The van der Waals surface area contributed by atoms with Gasteiger partial charge in [-0.3, -0.25) is 9.69 Å². The third kappa shape index (κ3) is 6.01. The number of aromatic nitrogens is 2. The van der Waals surface area contributed by atoms with E-state index >= 15 is 0 Å². The van der Waals surface area contributed by atoms with Gasteiger partial charge in [0.25, 0.3) is 0 Å². The molecule has 1 saturated heterocycles. The van der Waals surface area contributed by atoms with E-state index in [1.54, 1.807) is 18.3 Å². The lowest BCUT2D eigenvalue weighted by molar-refractivity contribution is 0.248. The minimum Gasteiger partial charge on any atom is -0.508 e. The van der Waals surface area contributed by atoms with E-state index < -0.39 is 0 Å². The molecule has 0 saturated carbocycles. The SMILES string of the molecule is Cc1cccc(CN2CCN(c3cnn(-c4ccccc4)c(=O)c3OCCc3ccc(O)cc3)CC2)c1. The zero-order valence-corrected chi connectivity index (χ0v) is 21.1. The molecule has 7 nitrogen and oxygen atoms in total. The Kier molecular flexibility index (Phi) is 7.51. The van der Waals surface area contributed by atoms with Crippen molar-refractivity contribution >= 4 is 5.69 Å². The number of rotatable bonds is 8. The van der Waals surface area contributed by atoms with Gasteiger partial charge in [-0.05, 0) is 42.3 Å². The second-order valence-corrected chi connectivity index (χ2v) is 9.43. The fourth-order valence-electron chi connectivity index (χ4n) is 4.69. The Balaban J connectivity index is 1.34. The highest BCUT2D eigenvalue weighted by Gasteiger charge is 2.23. The van der Waals surface area contributed by atoms with Gasteiger partial charge in [0.2, 0.25) is 5.75 Å². The molecular weight excluding hydrogens is 464 g/mol. The second-order valence-electron chi connectivity index (χ2n) is 9.43. The number of benzene rings is 3. The number of aryl methyl sites for hydroxylation is 1. The molecule has 0 unspecified atom stereocenters. The van der Waals surface area contributed by atoms with Crippen LogP contribution in [0, 0.1) is 6.92 Å². The van der Waals surface area contributed by atoms with E-state index in [4.69, 9.17) is 4.74 Å². The lowest BCUT2D eigenvalue weighted by Crippen LogP contribution is -2.46. The largest absolute Gasteiger partial charge is 0.508 e. The molecule has 2 heterocycles. The predicted molar refractivity (Wildman–Crippen MR) is 146 cm³/mol. The van der Waals surface area contributed by atoms with E-state index in [-0.39, 0.29) is 11.3 Å². The van der Waals surface area contributed by atoms with E-state index in [1.807, 2.05) is 42.5 Å². The van der Waals surface area contributed by atoms with Crippen molar-refractivity contribution in [2.75, 3.05) is 37.7 Å². The van der Waals surface area contributed by atoms with Crippen LogP contribution >= 0.6 is 0 Å². The fraction of sp³-hybridized carbons (Fsp3) is 0.267. The first-order chi connectivity index (χ1) is 18.1. The first kappa shape index (κ1) is 24.6. The van der Waals surface area contributed by atoms with Crippen LogP contribution in [-0.2, 0) is 13.0 Å². The van der Waals surface area contributed by atoms with Gasteiger partial charge >= 0.3 is 5.56 Å². The summed E-state index contributed by atoms with van der Waals surface area (Å²) in [6, 6.07) is 25.1. The third-order valence-corrected chi connectivity index (χ3v) is 6.69.